The van der Waals surface area contributed by atoms with Gasteiger partial charge in [0.2, 0.25) is 0 Å². The molecular weight excluding hydrogens is 140 g/mol. The van der Waals surface area contributed by atoms with Crippen molar-refractivity contribution in [3.8, 4) is 0 Å². The van der Waals surface area contributed by atoms with E-state index in [1.807, 2.05) is 12.2 Å². The smallest absolute Gasteiger partial charge is 0.0215 e. The Morgan fingerprint density at radius 2 is 2.33 bits per heavy atom. The van der Waals surface area contributed by atoms with Crippen molar-refractivity contribution in [2.24, 2.45) is 0 Å². The van der Waals surface area contributed by atoms with E-state index in [1.165, 1.54) is 0 Å². The second kappa shape index (κ2) is 4.96. The van der Waals surface area contributed by atoms with Gasteiger partial charge in [-0.25, -0.2) is 0 Å². The molecule has 0 spiro atoms. The first-order chi connectivity index (χ1) is 2.91. The maximum atomic E-state index is 3.49. The molecule has 0 saturated carbocycles. The predicted molar refractivity (Wildman–Crippen MR) is 33.1 cm³/mol. The minimum absolute atomic E-state index is 0.916. The van der Waals surface area contributed by atoms with Crippen LogP contribution in [0.25, 0.3) is 0 Å². The number of halogens is 1. The molecule has 0 bridgehead atoms. The van der Waals surface area contributed by atoms with Gasteiger partial charge >= 0.3 is 0 Å². The lowest BCUT2D eigenvalue weighted by molar-refractivity contribution is 1.80. The van der Waals surface area contributed by atoms with Crippen LogP contribution in [-0.4, -0.2) is 5.33 Å². The molecule has 0 amide bonds. The Labute approximate surface area is 46.7 Å². The van der Waals surface area contributed by atoms with Crippen LogP contribution in [0.4, 0.5) is 0 Å². The normalized spacial score (nSPS) is 9.50. The SMILES string of the molecule is C=C/C=C/CBr. The minimum Gasteiger partial charge on any atom is -0.0991 e. The topological polar surface area (TPSA) is 0 Å². The van der Waals surface area contributed by atoms with Crippen molar-refractivity contribution < 1.29 is 0 Å². The molecule has 0 aromatic carbocycles. The Kier molecular flexibility index (Phi) is 4.93. The van der Waals surface area contributed by atoms with E-state index in [1.54, 1.807) is 6.08 Å². The molecule has 0 aromatic rings. The molecule has 6 heavy (non-hydrogen) atoms. The fourth-order valence-electron chi connectivity index (χ4n) is 0.148. The van der Waals surface area contributed by atoms with Gasteiger partial charge in [0.25, 0.3) is 0 Å². The Morgan fingerprint density at radius 1 is 1.67 bits per heavy atom. The molecule has 0 fully saturated rings. The number of rotatable bonds is 2. The highest BCUT2D eigenvalue weighted by atomic mass is 79.9. The molecule has 0 aliphatic carbocycles. The quantitative estimate of drug-likeness (QED) is 0.414. The fourth-order valence-corrected chi connectivity index (χ4v) is 0.363. The van der Waals surface area contributed by atoms with E-state index in [9.17, 15) is 0 Å². The zero-order valence-electron chi connectivity index (χ0n) is 3.52. The van der Waals surface area contributed by atoms with Crippen LogP contribution in [0.15, 0.2) is 24.8 Å². The molecule has 0 unspecified atom stereocenters. The molecule has 0 saturated heterocycles. The van der Waals surface area contributed by atoms with Crippen LogP contribution in [0.2, 0.25) is 0 Å². The van der Waals surface area contributed by atoms with Gasteiger partial charge in [0.05, 0.1) is 0 Å². The number of hydrogen-bond donors (Lipinski definition) is 0. The van der Waals surface area contributed by atoms with Crippen LogP contribution in [0, 0.1) is 0 Å². The highest BCUT2D eigenvalue weighted by Crippen LogP contribution is 1.79. The van der Waals surface area contributed by atoms with Gasteiger partial charge in [-0.2, -0.15) is 0 Å². The molecule has 0 rings (SSSR count). The third-order valence-electron chi connectivity index (χ3n) is 0.361. The average molecular weight is 147 g/mol. The lowest BCUT2D eigenvalue weighted by atomic mass is 10.5. The number of hydrogen-bond acceptors (Lipinski definition) is 0. The third kappa shape index (κ3) is 3.96. The van der Waals surface area contributed by atoms with E-state index in [0.717, 1.165) is 5.33 Å². The lowest BCUT2D eigenvalue weighted by Crippen LogP contribution is -1.51. The van der Waals surface area contributed by atoms with E-state index in [2.05, 4.69) is 22.5 Å². The van der Waals surface area contributed by atoms with Gasteiger partial charge in [-0.3, -0.25) is 0 Å². The largest absolute Gasteiger partial charge is 0.0991 e. The van der Waals surface area contributed by atoms with E-state index >= 15 is 0 Å². The van der Waals surface area contributed by atoms with Crippen LogP contribution >= 0.6 is 15.9 Å². The summed E-state index contributed by atoms with van der Waals surface area (Å²) in [5.74, 6) is 0. The molecule has 0 radical (unpaired) electrons. The standard InChI is InChI=1S/C5H7Br/c1-2-3-4-5-6/h2-4H,1,5H2/b4-3+. The van der Waals surface area contributed by atoms with Crippen molar-refractivity contribution in [3.05, 3.63) is 24.8 Å². The second-order valence-electron chi connectivity index (χ2n) is 0.818. The zero-order valence-corrected chi connectivity index (χ0v) is 5.11. The summed E-state index contributed by atoms with van der Waals surface area (Å²) in [5.41, 5.74) is 0. The highest BCUT2D eigenvalue weighted by molar-refractivity contribution is 9.09. The average Bonchev–Trinajstić information content (AvgIpc) is 1.61. The first-order valence-corrected chi connectivity index (χ1v) is 2.87. The summed E-state index contributed by atoms with van der Waals surface area (Å²) >= 11 is 3.22. The molecule has 0 nitrogen and oxygen atoms in total. The van der Waals surface area contributed by atoms with Gasteiger partial charge in [-0.05, 0) is 0 Å². The molecule has 0 aliphatic rings. The monoisotopic (exact) mass is 146 g/mol. The molecule has 0 heterocycles. The minimum atomic E-state index is 0.916. The van der Waals surface area contributed by atoms with Crippen LogP contribution in [0.1, 0.15) is 0 Å². The maximum absolute atomic E-state index is 3.49. The van der Waals surface area contributed by atoms with Gasteiger partial charge in [-0.1, -0.05) is 40.7 Å². The number of allylic oxidation sites excluding steroid dienone is 3. The van der Waals surface area contributed by atoms with E-state index in [0.29, 0.717) is 0 Å². The summed E-state index contributed by atoms with van der Waals surface area (Å²) in [5, 5.41) is 0.916. The number of alkyl halides is 1. The Balaban J connectivity index is 2.94. The summed E-state index contributed by atoms with van der Waals surface area (Å²) in [6, 6.07) is 0. The Morgan fingerprint density at radius 3 is 2.50 bits per heavy atom. The van der Waals surface area contributed by atoms with Crippen LogP contribution in [-0.2, 0) is 0 Å². The summed E-state index contributed by atoms with van der Waals surface area (Å²) in [4.78, 5) is 0. The van der Waals surface area contributed by atoms with Gasteiger partial charge < -0.3 is 0 Å². The third-order valence-corrected chi connectivity index (χ3v) is 0.735. The first kappa shape index (κ1) is 5.96. The molecule has 34 valence electrons. The Hall–Kier alpha value is -0.0400. The fraction of sp³-hybridized carbons (Fsp3) is 0.200. The van der Waals surface area contributed by atoms with Crippen molar-refractivity contribution in [1.82, 2.24) is 0 Å². The summed E-state index contributed by atoms with van der Waals surface area (Å²) in [6.07, 6.45) is 5.63. The molecule has 0 atom stereocenters. The van der Waals surface area contributed by atoms with Crippen molar-refractivity contribution >= 4 is 15.9 Å². The molecule has 0 aromatic heterocycles. The van der Waals surface area contributed by atoms with Gasteiger partial charge in [0.15, 0.2) is 0 Å². The van der Waals surface area contributed by atoms with E-state index in [-0.39, 0.29) is 0 Å². The highest BCUT2D eigenvalue weighted by Gasteiger charge is 1.57. The van der Waals surface area contributed by atoms with Crippen LogP contribution in [0.5, 0.6) is 0 Å². The molecular formula is C5H7Br. The van der Waals surface area contributed by atoms with Crippen molar-refractivity contribution in [3.63, 3.8) is 0 Å². The van der Waals surface area contributed by atoms with Crippen LogP contribution < -0.4 is 0 Å². The van der Waals surface area contributed by atoms with E-state index < -0.39 is 0 Å². The maximum Gasteiger partial charge on any atom is 0.0215 e. The molecule has 0 aliphatic heterocycles. The molecule has 1 heteroatoms. The summed E-state index contributed by atoms with van der Waals surface area (Å²) in [6.45, 7) is 3.49. The van der Waals surface area contributed by atoms with Crippen LogP contribution in [0.3, 0.4) is 0 Å². The zero-order chi connectivity index (χ0) is 4.83. The summed E-state index contributed by atoms with van der Waals surface area (Å²) in [7, 11) is 0. The second-order valence-corrected chi connectivity index (χ2v) is 1.47. The molecule has 0 N–H and O–H groups in total. The van der Waals surface area contributed by atoms with Gasteiger partial charge in [0.1, 0.15) is 0 Å². The summed E-state index contributed by atoms with van der Waals surface area (Å²) < 4.78 is 0. The van der Waals surface area contributed by atoms with Gasteiger partial charge in [0, 0.05) is 5.33 Å². The van der Waals surface area contributed by atoms with Gasteiger partial charge in [-0.15, -0.1) is 0 Å². The predicted octanol–water partition coefficient (Wildman–Crippen LogP) is 2.12. The van der Waals surface area contributed by atoms with E-state index in [4.69, 9.17) is 0 Å². The lowest BCUT2D eigenvalue weighted by Gasteiger charge is -1.66. The van der Waals surface area contributed by atoms with Crippen molar-refractivity contribution in [2.75, 3.05) is 5.33 Å². The van der Waals surface area contributed by atoms with Crippen molar-refractivity contribution in [2.45, 2.75) is 0 Å². The van der Waals surface area contributed by atoms with Crippen molar-refractivity contribution in [1.29, 1.82) is 0 Å². The first-order valence-electron chi connectivity index (χ1n) is 1.75. The Bertz CT molecular complexity index is 55.0.